The number of benzene rings is 1. The van der Waals surface area contributed by atoms with Crippen LogP contribution in [0.1, 0.15) is 19.4 Å². The predicted molar refractivity (Wildman–Crippen MR) is 77.6 cm³/mol. The van der Waals surface area contributed by atoms with E-state index in [1.165, 1.54) is 0 Å². The lowest BCUT2D eigenvalue weighted by Crippen LogP contribution is -2.39. The maximum atomic E-state index is 11.5. The molecule has 0 bridgehead atoms. The predicted octanol–water partition coefficient (Wildman–Crippen LogP) is 1.13. The summed E-state index contributed by atoms with van der Waals surface area (Å²) in [6.45, 7) is 4.15. The molecule has 1 rings (SSSR count). The van der Waals surface area contributed by atoms with Gasteiger partial charge in [0.25, 0.3) is 0 Å². The van der Waals surface area contributed by atoms with E-state index in [-0.39, 0.29) is 24.3 Å². The van der Waals surface area contributed by atoms with Gasteiger partial charge in [0.05, 0.1) is 13.7 Å². The molecule has 0 spiro atoms. The van der Waals surface area contributed by atoms with Crippen LogP contribution in [0.2, 0.25) is 0 Å². The first kappa shape index (κ1) is 16.0. The summed E-state index contributed by atoms with van der Waals surface area (Å²) < 4.78 is 5.08. The first-order valence-electron chi connectivity index (χ1n) is 6.70. The number of amides is 2. The molecule has 0 aliphatic carbocycles. The summed E-state index contributed by atoms with van der Waals surface area (Å²) in [5.41, 5.74) is 1.12. The minimum Gasteiger partial charge on any atom is -0.497 e. The normalized spacial score (nSPS) is 10.2. The monoisotopic (exact) mass is 278 g/mol. The number of carbonyl (C=O) groups excluding carboxylic acids is 2. The van der Waals surface area contributed by atoms with E-state index >= 15 is 0 Å². The van der Waals surface area contributed by atoms with Crippen LogP contribution >= 0.6 is 0 Å². The number of hydrogen-bond acceptors (Lipinski definition) is 3. The molecule has 0 heterocycles. The van der Waals surface area contributed by atoms with Crippen molar-refractivity contribution >= 4 is 11.8 Å². The third-order valence-electron chi connectivity index (χ3n) is 2.84. The lowest BCUT2D eigenvalue weighted by atomic mass is 10.1. The van der Waals surface area contributed by atoms with E-state index in [1.807, 2.05) is 24.3 Å². The zero-order chi connectivity index (χ0) is 15.0. The third-order valence-corrected chi connectivity index (χ3v) is 2.84. The van der Waals surface area contributed by atoms with Gasteiger partial charge in [-0.1, -0.05) is 26.0 Å². The van der Waals surface area contributed by atoms with Crippen LogP contribution in [-0.4, -0.2) is 32.0 Å². The number of ether oxygens (including phenoxy) is 1. The van der Waals surface area contributed by atoms with Crippen LogP contribution in [0.4, 0.5) is 0 Å². The Kier molecular flexibility index (Phi) is 6.56. The summed E-state index contributed by atoms with van der Waals surface area (Å²) in [6.07, 6.45) is 0.744. The third kappa shape index (κ3) is 5.73. The van der Waals surface area contributed by atoms with Gasteiger partial charge < -0.3 is 15.4 Å². The molecule has 0 aliphatic rings. The fourth-order valence-corrected chi connectivity index (χ4v) is 1.57. The van der Waals surface area contributed by atoms with Crippen LogP contribution in [0.25, 0.3) is 0 Å². The van der Waals surface area contributed by atoms with Crippen molar-refractivity contribution in [2.75, 3.05) is 20.2 Å². The molecule has 0 aromatic heterocycles. The van der Waals surface area contributed by atoms with Gasteiger partial charge in [-0.15, -0.1) is 0 Å². The maximum Gasteiger partial charge on any atom is 0.239 e. The highest BCUT2D eigenvalue weighted by molar-refractivity contribution is 5.85. The van der Waals surface area contributed by atoms with Crippen molar-refractivity contribution in [3.63, 3.8) is 0 Å². The zero-order valence-electron chi connectivity index (χ0n) is 12.2. The molecule has 5 nitrogen and oxygen atoms in total. The summed E-state index contributed by atoms with van der Waals surface area (Å²) in [6, 6.07) is 7.71. The van der Waals surface area contributed by atoms with Crippen molar-refractivity contribution < 1.29 is 14.3 Å². The highest BCUT2D eigenvalue weighted by Gasteiger charge is 2.08. The molecule has 1 aromatic rings. The molecule has 0 saturated carbocycles. The van der Waals surface area contributed by atoms with Gasteiger partial charge in [-0.2, -0.15) is 0 Å². The van der Waals surface area contributed by atoms with Crippen molar-refractivity contribution in [1.82, 2.24) is 10.6 Å². The molecule has 0 radical (unpaired) electrons. The standard InChI is InChI=1S/C15H22N2O3/c1-11(2)15(19)17-10-14(18)16-9-8-12-4-6-13(20-3)7-5-12/h4-7,11H,8-10H2,1-3H3,(H,16,18)(H,17,19). The van der Waals surface area contributed by atoms with E-state index in [9.17, 15) is 9.59 Å². The summed E-state index contributed by atoms with van der Waals surface area (Å²) >= 11 is 0. The van der Waals surface area contributed by atoms with E-state index in [1.54, 1.807) is 21.0 Å². The molecule has 0 aliphatic heterocycles. The lowest BCUT2D eigenvalue weighted by Gasteiger charge is -2.08. The van der Waals surface area contributed by atoms with Crippen molar-refractivity contribution in [2.45, 2.75) is 20.3 Å². The van der Waals surface area contributed by atoms with Crippen molar-refractivity contribution in [2.24, 2.45) is 5.92 Å². The second-order valence-corrected chi connectivity index (χ2v) is 4.82. The summed E-state index contributed by atoms with van der Waals surface area (Å²) in [5.74, 6) is 0.416. The molecule has 20 heavy (non-hydrogen) atoms. The van der Waals surface area contributed by atoms with Gasteiger partial charge in [-0.3, -0.25) is 9.59 Å². The highest BCUT2D eigenvalue weighted by Crippen LogP contribution is 2.11. The number of carbonyl (C=O) groups is 2. The molecular formula is C15H22N2O3. The van der Waals surface area contributed by atoms with Gasteiger partial charge in [0.2, 0.25) is 11.8 Å². The smallest absolute Gasteiger partial charge is 0.239 e. The quantitative estimate of drug-likeness (QED) is 0.785. The summed E-state index contributed by atoms with van der Waals surface area (Å²) in [5, 5.41) is 5.35. The Morgan fingerprint density at radius 2 is 1.80 bits per heavy atom. The van der Waals surface area contributed by atoms with Gasteiger partial charge >= 0.3 is 0 Å². The second kappa shape index (κ2) is 8.19. The SMILES string of the molecule is COc1ccc(CCNC(=O)CNC(=O)C(C)C)cc1. The lowest BCUT2D eigenvalue weighted by molar-refractivity contribution is -0.127. The fourth-order valence-electron chi connectivity index (χ4n) is 1.57. The average molecular weight is 278 g/mol. The van der Waals surface area contributed by atoms with Crippen molar-refractivity contribution in [3.8, 4) is 5.75 Å². The van der Waals surface area contributed by atoms with E-state index in [2.05, 4.69) is 10.6 Å². The number of methoxy groups -OCH3 is 1. The number of nitrogens with one attached hydrogen (secondary N) is 2. The second-order valence-electron chi connectivity index (χ2n) is 4.82. The van der Waals surface area contributed by atoms with Crippen LogP contribution in [0, 0.1) is 5.92 Å². The fraction of sp³-hybridized carbons (Fsp3) is 0.467. The molecule has 2 N–H and O–H groups in total. The topological polar surface area (TPSA) is 67.4 Å². The highest BCUT2D eigenvalue weighted by atomic mass is 16.5. The minimum atomic E-state index is -0.174. The molecule has 5 heteroatoms. The Balaban J connectivity index is 2.22. The summed E-state index contributed by atoms with van der Waals surface area (Å²) in [4.78, 5) is 22.8. The van der Waals surface area contributed by atoms with Crippen LogP contribution in [-0.2, 0) is 16.0 Å². The Morgan fingerprint density at radius 3 is 2.35 bits per heavy atom. The zero-order valence-corrected chi connectivity index (χ0v) is 12.2. The van der Waals surface area contributed by atoms with Gasteiger partial charge in [0.1, 0.15) is 5.75 Å². The Hall–Kier alpha value is -2.04. The van der Waals surface area contributed by atoms with E-state index in [4.69, 9.17) is 4.74 Å². The van der Waals surface area contributed by atoms with Crippen molar-refractivity contribution in [1.29, 1.82) is 0 Å². The largest absolute Gasteiger partial charge is 0.497 e. The van der Waals surface area contributed by atoms with Crippen LogP contribution in [0.5, 0.6) is 5.75 Å². The van der Waals surface area contributed by atoms with E-state index < -0.39 is 0 Å². The van der Waals surface area contributed by atoms with Gasteiger partial charge in [-0.05, 0) is 24.1 Å². The molecule has 2 amide bonds. The molecule has 0 unspecified atom stereocenters. The van der Waals surface area contributed by atoms with Crippen molar-refractivity contribution in [3.05, 3.63) is 29.8 Å². The van der Waals surface area contributed by atoms with Crippen LogP contribution in [0.3, 0.4) is 0 Å². The molecular weight excluding hydrogens is 256 g/mol. The molecule has 0 saturated heterocycles. The van der Waals surface area contributed by atoms with E-state index in [0.29, 0.717) is 6.54 Å². The number of rotatable bonds is 7. The molecule has 1 aromatic carbocycles. The van der Waals surface area contributed by atoms with E-state index in [0.717, 1.165) is 17.7 Å². The molecule has 0 atom stereocenters. The minimum absolute atomic E-state index is 0.0274. The van der Waals surface area contributed by atoms with Gasteiger partial charge in [0, 0.05) is 12.5 Å². The first-order chi connectivity index (χ1) is 9.52. The average Bonchev–Trinajstić information content (AvgIpc) is 2.45. The van der Waals surface area contributed by atoms with Gasteiger partial charge in [0.15, 0.2) is 0 Å². The Labute approximate surface area is 119 Å². The number of hydrogen-bond donors (Lipinski definition) is 2. The van der Waals surface area contributed by atoms with Crippen LogP contribution < -0.4 is 15.4 Å². The Morgan fingerprint density at radius 1 is 1.15 bits per heavy atom. The maximum absolute atomic E-state index is 11.5. The first-order valence-corrected chi connectivity index (χ1v) is 6.70. The molecule has 110 valence electrons. The molecule has 0 fully saturated rings. The summed E-state index contributed by atoms with van der Waals surface area (Å²) in [7, 11) is 1.63. The Bertz CT molecular complexity index is 441. The van der Waals surface area contributed by atoms with Gasteiger partial charge in [-0.25, -0.2) is 0 Å². The van der Waals surface area contributed by atoms with Crippen LogP contribution in [0.15, 0.2) is 24.3 Å².